The molecule has 6 heteroatoms. The van der Waals surface area contributed by atoms with Crippen LogP contribution in [0.1, 0.15) is 26.7 Å². The van der Waals surface area contributed by atoms with Gasteiger partial charge in [0.15, 0.2) is 5.76 Å². The van der Waals surface area contributed by atoms with E-state index in [4.69, 9.17) is 4.42 Å². The summed E-state index contributed by atoms with van der Waals surface area (Å²) in [6.45, 7) is 0. The average Bonchev–Trinajstić information content (AvgIpc) is 2.89. The van der Waals surface area contributed by atoms with Crippen LogP contribution < -0.4 is 0 Å². The Morgan fingerprint density at radius 3 is 2.53 bits per heavy atom. The number of rotatable bonds is 3. The molecule has 0 aliphatic carbocycles. The normalized spacial score (nSPS) is 10.3. The van der Waals surface area contributed by atoms with Crippen LogP contribution in [0, 0.1) is 5.82 Å². The maximum absolute atomic E-state index is 13.1. The number of carbonyl (C=O) groups excluding carboxylic acids is 2. The molecular weight excluding hydrogens is 319 g/mol. The predicted molar refractivity (Wildman–Crippen MR) is 67.6 cm³/mol. The maximum atomic E-state index is 13.1. The summed E-state index contributed by atoms with van der Waals surface area (Å²) in [6, 6.07) is 6.56. The van der Waals surface area contributed by atoms with Gasteiger partial charge in [-0.25, -0.2) is 9.18 Å². The molecule has 1 aromatic heterocycles. The highest BCUT2D eigenvalue weighted by Crippen LogP contribution is 2.20. The molecule has 0 fully saturated rings. The van der Waals surface area contributed by atoms with E-state index in [1.165, 1.54) is 37.4 Å². The van der Waals surface area contributed by atoms with E-state index in [1.807, 2.05) is 0 Å². The Labute approximate surface area is 116 Å². The van der Waals surface area contributed by atoms with Crippen LogP contribution in [0.15, 0.2) is 39.2 Å². The highest BCUT2D eigenvalue weighted by Gasteiger charge is 2.18. The number of halogens is 2. The van der Waals surface area contributed by atoms with Gasteiger partial charge in [0.2, 0.25) is 11.5 Å². The van der Waals surface area contributed by atoms with Gasteiger partial charge in [-0.2, -0.15) is 0 Å². The summed E-state index contributed by atoms with van der Waals surface area (Å²) in [5, 5.41) is 0. The molecule has 0 spiro atoms. The smallest absolute Gasteiger partial charge is 0.373 e. The van der Waals surface area contributed by atoms with Crippen molar-refractivity contribution in [3.8, 4) is 0 Å². The molecule has 2 aromatic rings. The fraction of sp³-hybridized carbons (Fsp3) is 0.0769. The minimum Gasteiger partial charge on any atom is -0.463 e. The van der Waals surface area contributed by atoms with Crippen LogP contribution in [0.3, 0.4) is 0 Å². The average molecular weight is 327 g/mol. The lowest BCUT2D eigenvalue weighted by Gasteiger charge is -2.00. The first-order valence-electron chi connectivity index (χ1n) is 5.21. The topological polar surface area (TPSA) is 56.5 Å². The number of hydrogen-bond donors (Lipinski definition) is 0. The Kier molecular flexibility index (Phi) is 3.80. The quantitative estimate of drug-likeness (QED) is 0.642. The van der Waals surface area contributed by atoms with Gasteiger partial charge in [-0.3, -0.25) is 4.79 Å². The van der Waals surface area contributed by atoms with Crippen molar-refractivity contribution in [2.45, 2.75) is 0 Å². The summed E-state index contributed by atoms with van der Waals surface area (Å²) < 4.78 is 22.8. The third-order valence-corrected chi connectivity index (χ3v) is 3.01. The van der Waals surface area contributed by atoms with Crippen molar-refractivity contribution < 1.29 is 23.1 Å². The number of benzene rings is 1. The van der Waals surface area contributed by atoms with Gasteiger partial charge in [-0.1, -0.05) is 0 Å². The zero-order valence-corrected chi connectivity index (χ0v) is 11.4. The molecule has 2 rings (SSSR count). The van der Waals surface area contributed by atoms with Gasteiger partial charge in [0.25, 0.3) is 0 Å². The fourth-order valence-corrected chi connectivity index (χ4v) is 1.83. The summed E-state index contributed by atoms with van der Waals surface area (Å²) in [5.41, 5.74) is 0.249. The lowest BCUT2D eigenvalue weighted by Crippen LogP contribution is -2.01. The Morgan fingerprint density at radius 2 is 1.89 bits per heavy atom. The fourth-order valence-electron chi connectivity index (χ4n) is 1.45. The molecular formula is C13H8BrFO4. The van der Waals surface area contributed by atoms with Gasteiger partial charge >= 0.3 is 5.97 Å². The largest absolute Gasteiger partial charge is 0.463 e. The molecule has 1 aromatic carbocycles. The molecule has 1 heterocycles. The number of hydrogen-bond acceptors (Lipinski definition) is 4. The van der Waals surface area contributed by atoms with Crippen molar-refractivity contribution in [2.75, 3.05) is 7.11 Å². The number of esters is 1. The second-order valence-corrected chi connectivity index (χ2v) is 4.47. The molecule has 0 saturated carbocycles. The van der Waals surface area contributed by atoms with E-state index in [0.717, 1.165) is 0 Å². The summed E-state index contributed by atoms with van der Waals surface area (Å²) in [6.07, 6.45) is 0. The second-order valence-electron chi connectivity index (χ2n) is 3.61. The minimum absolute atomic E-state index is 0.0149. The number of methoxy groups -OCH3 is 1. The molecule has 4 nitrogen and oxygen atoms in total. The van der Waals surface area contributed by atoms with Gasteiger partial charge in [0, 0.05) is 5.56 Å². The van der Waals surface area contributed by atoms with Gasteiger partial charge in [0.05, 0.1) is 11.6 Å². The van der Waals surface area contributed by atoms with E-state index >= 15 is 0 Å². The van der Waals surface area contributed by atoms with Gasteiger partial charge < -0.3 is 9.15 Å². The van der Waals surface area contributed by atoms with Crippen LogP contribution in [-0.2, 0) is 4.74 Å². The van der Waals surface area contributed by atoms with E-state index in [-0.39, 0.29) is 21.6 Å². The van der Waals surface area contributed by atoms with Crippen molar-refractivity contribution in [3.63, 3.8) is 0 Å². The minimum atomic E-state index is -0.667. The number of ether oxygens (including phenoxy) is 1. The standard InChI is InChI=1S/C13H8BrFO4/c1-18-13(17)11-5-4-10(19-11)12(16)7-2-3-9(15)8(14)6-7/h2-6H,1H3. The van der Waals surface area contributed by atoms with Crippen molar-refractivity contribution in [1.82, 2.24) is 0 Å². The van der Waals surface area contributed by atoms with Gasteiger partial charge in [-0.05, 0) is 46.3 Å². The molecule has 0 bridgehead atoms. The highest BCUT2D eigenvalue weighted by molar-refractivity contribution is 9.10. The molecule has 0 amide bonds. The lowest BCUT2D eigenvalue weighted by molar-refractivity contribution is 0.0563. The molecule has 0 saturated heterocycles. The Bertz CT molecular complexity index is 648. The summed E-state index contributed by atoms with van der Waals surface area (Å²) in [7, 11) is 1.21. The lowest BCUT2D eigenvalue weighted by atomic mass is 10.1. The summed E-state index contributed by atoms with van der Waals surface area (Å²) in [4.78, 5) is 23.2. The van der Waals surface area contributed by atoms with Crippen molar-refractivity contribution in [3.05, 3.63) is 57.7 Å². The number of furan rings is 1. The van der Waals surface area contributed by atoms with Gasteiger partial charge in [-0.15, -0.1) is 0 Å². The molecule has 98 valence electrons. The summed E-state index contributed by atoms with van der Waals surface area (Å²) in [5.74, 6) is -1.66. The third-order valence-electron chi connectivity index (χ3n) is 2.40. The second kappa shape index (κ2) is 5.36. The zero-order chi connectivity index (χ0) is 14.0. The van der Waals surface area contributed by atoms with E-state index < -0.39 is 17.6 Å². The molecule has 0 N–H and O–H groups in total. The number of ketones is 1. The van der Waals surface area contributed by atoms with Crippen LogP contribution in [0.4, 0.5) is 4.39 Å². The SMILES string of the molecule is COC(=O)c1ccc(C(=O)c2ccc(F)c(Br)c2)o1. The molecule has 19 heavy (non-hydrogen) atoms. The Morgan fingerprint density at radius 1 is 1.21 bits per heavy atom. The highest BCUT2D eigenvalue weighted by atomic mass is 79.9. The van der Waals surface area contributed by atoms with Crippen LogP contribution in [0.2, 0.25) is 0 Å². The first-order valence-corrected chi connectivity index (χ1v) is 6.00. The number of carbonyl (C=O) groups is 2. The molecule has 0 aliphatic heterocycles. The Balaban J connectivity index is 2.31. The molecule has 0 unspecified atom stereocenters. The summed E-state index contributed by atoms with van der Waals surface area (Å²) >= 11 is 2.99. The zero-order valence-electron chi connectivity index (χ0n) is 9.78. The van der Waals surface area contributed by atoms with E-state index in [9.17, 15) is 14.0 Å². The van der Waals surface area contributed by atoms with E-state index in [2.05, 4.69) is 20.7 Å². The van der Waals surface area contributed by atoms with Gasteiger partial charge in [0.1, 0.15) is 5.82 Å². The van der Waals surface area contributed by atoms with Crippen LogP contribution >= 0.6 is 15.9 Å². The van der Waals surface area contributed by atoms with Crippen molar-refractivity contribution in [1.29, 1.82) is 0 Å². The first kappa shape index (κ1) is 13.5. The first-order chi connectivity index (χ1) is 9.02. The molecule has 0 radical (unpaired) electrons. The van der Waals surface area contributed by atoms with Crippen LogP contribution in [0.5, 0.6) is 0 Å². The van der Waals surface area contributed by atoms with E-state index in [1.54, 1.807) is 0 Å². The van der Waals surface area contributed by atoms with Crippen molar-refractivity contribution in [2.24, 2.45) is 0 Å². The predicted octanol–water partition coefficient (Wildman–Crippen LogP) is 3.20. The van der Waals surface area contributed by atoms with Crippen molar-refractivity contribution >= 4 is 27.7 Å². The molecule has 0 atom stereocenters. The monoisotopic (exact) mass is 326 g/mol. The maximum Gasteiger partial charge on any atom is 0.373 e. The molecule has 0 aliphatic rings. The van der Waals surface area contributed by atoms with Crippen LogP contribution in [-0.4, -0.2) is 18.9 Å². The third kappa shape index (κ3) is 2.73. The Hall–Kier alpha value is -1.95. The van der Waals surface area contributed by atoms with Crippen LogP contribution in [0.25, 0.3) is 0 Å². The van der Waals surface area contributed by atoms with E-state index in [0.29, 0.717) is 0 Å².